The molecule has 5 nitrogen and oxygen atoms in total. The summed E-state index contributed by atoms with van der Waals surface area (Å²) in [6, 6.07) is 7.83. The van der Waals surface area contributed by atoms with Gasteiger partial charge >= 0.3 is 18.9 Å². The molecule has 1 heterocycles. The minimum absolute atomic E-state index is 0. The third kappa shape index (κ3) is 9.55. The van der Waals surface area contributed by atoms with E-state index < -0.39 is 0 Å². The molecule has 0 bridgehead atoms. The number of hydrogen-bond acceptors (Lipinski definition) is 4. The van der Waals surface area contributed by atoms with E-state index in [0.717, 1.165) is 36.5 Å². The fourth-order valence-corrected chi connectivity index (χ4v) is 3.58. The largest absolute Gasteiger partial charge is 1.00 e. The molecule has 1 unspecified atom stereocenters. The van der Waals surface area contributed by atoms with Gasteiger partial charge in [-0.2, -0.15) is 6.08 Å². The van der Waals surface area contributed by atoms with Crippen LogP contribution in [0.4, 0.5) is 0 Å². The number of nitrogens with zero attached hydrogens (tertiary/aromatic N) is 3. The van der Waals surface area contributed by atoms with Gasteiger partial charge in [-0.05, 0) is 62.6 Å². The molecule has 33 heavy (non-hydrogen) atoms. The van der Waals surface area contributed by atoms with E-state index in [4.69, 9.17) is 11.6 Å². The first-order valence-electron chi connectivity index (χ1n) is 11.1. The van der Waals surface area contributed by atoms with E-state index in [2.05, 4.69) is 30.7 Å². The molecular weight excluding hydrogens is 429 g/mol. The zero-order valence-electron chi connectivity index (χ0n) is 20.1. The fraction of sp³-hybridized carbons (Fsp3) is 0.423. The van der Waals surface area contributed by atoms with Crippen LogP contribution in [0.3, 0.4) is 0 Å². The second-order valence-electron chi connectivity index (χ2n) is 8.08. The maximum absolute atomic E-state index is 12.6. The number of carbonyl (C=O) groups excluding carboxylic acids is 2. The summed E-state index contributed by atoms with van der Waals surface area (Å²) in [6.45, 7) is 12.0. The van der Waals surface area contributed by atoms with Crippen LogP contribution in [0.5, 0.6) is 0 Å². The summed E-state index contributed by atoms with van der Waals surface area (Å²) in [5.41, 5.74) is 1.72. The summed E-state index contributed by atoms with van der Waals surface area (Å²) in [7, 11) is 2.00. The van der Waals surface area contributed by atoms with Crippen LogP contribution in [0, 0.1) is 19.8 Å². The van der Waals surface area contributed by atoms with Gasteiger partial charge in [0.2, 0.25) is 0 Å². The minimum atomic E-state index is 0. The Balaban J connectivity index is 0.000000467. The molecule has 1 fully saturated rings. The summed E-state index contributed by atoms with van der Waals surface area (Å²) >= 11 is 6.15. The van der Waals surface area contributed by atoms with E-state index in [1.165, 1.54) is 18.9 Å². The van der Waals surface area contributed by atoms with Crippen molar-refractivity contribution >= 4 is 23.7 Å². The number of imidazole rings is 1. The van der Waals surface area contributed by atoms with Crippen LogP contribution >= 0.6 is 11.6 Å². The number of allylic oxidation sites excluding steroid dienone is 1. The Morgan fingerprint density at radius 3 is 2.70 bits per heavy atom. The van der Waals surface area contributed by atoms with Gasteiger partial charge in [0.05, 0.1) is 11.9 Å². The van der Waals surface area contributed by atoms with Crippen molar-refractivity contribution in [2.75, 3.05) is 20.1 Å². The van der Waals surface area contributed by atoms with Gasteiger partial charge in [-0.1, -0.05) is 55.6 Å². The molecule has 0 radical (unpaired) electrons. The number of aromatic nitrogens is 2. The van der Waals surface area contributed by atoms with Crippen LogP contribution in [0.1, 0.15) is 60.5 Å². The van der Waals surface area contributed by atoms with Gasteiger partial charge in [-0.3, -0.25) is 9.78 Å². The molecule has 0 spiro atoms. The first-order valence-corrected chi connectivity index (χ1v) is 11.5. The van der Waals surface area contributed by atoms with Gasteiger partial charge in [0.15, 0.2) is 5.78 Å². The molecule has 1 saturated carbocycles. The van der Waals surface area contributed by atoms with Gasteiger partial charge in [0.25, 0.3) is 0 Å². The van der Waals surface area contributed by atoms with Crippen molar-refractivity contribution in [3.63, 3.8) is 0 Å². The number of rotatable bonds is 11. The summed E-state index contributed by atoms with van der Waals surface area (Å²) in [6.07, 6.45) is 10.9. The molecule has 0 N–H and O–H groups in total. The molecule has 3 rings (SSSR count). The van der Waals surface area contributed by atoms with Gasteiger partial charge in [0.1, 0.15) is 0 Å². The van der Waals surface area contributed by atoms with E-state index in [1.54, 1.807) is 18.6 Å². The molecule has 1 atom stereocenters. The van der Waals surface area contributed by atoms with Crippen molar-refractivity contribution < 1.29 is 28.4 Å². The van der Waals surface area contributed by atoms with E-state index in [-0.39, 0.29) is 30.7 Å². The Hall–Kier alpha value is -1.77. The third-order valence-corrected chi connectivity index (χ3v) is 5.98. The Kier molecular flexibility index (Phi) is 13.5. The van der Waals surface area contributed by atoms with E-state index in [0.29, 0.717) is 23.9 Å². The zero-order chi connectivity index (χ0) is 23.5. The van der Waals surface area contributed by atoms with Crippen molar-refractivity contribution in [1.29, 1.82) is 0 Å². The van der Waals surface area contributed by atoms with Crippen molar-refractivity contribution in [1.82, 2.24) is 14.5 Å². The second-order valence-corrected chi connectivity index (χ2v) is 8.48. The quantitative estimate of drug-likeness (QED) is 0.223. The van der Waals surface area contributed by atoms with Gasteiger partial charge < -0.3 is 28.1 Å². The third-order valence-electron chi connectivity index (χ3n) is 5.61. The van der Waals surface area contributed by atoms with Crippen molar-refractivity contribution in [3.05, 3.63) is 78.6 Å². The average Bonchev–Trinajstić information content (AvgIpc) is 3.57. The smallest absolute Gasteiger partial charge is 0.419 e. The van der Waals surface area contributed by atoms with E-state index in [1.807, 2.05) is 35.9 Å². The standard InChI is InChI=1S/C19H21ClN2O.C7H12NO.Li/c1-13(15-10-11-15)22-14(2)21-12-18(22)19(23)9-5-7-16-6-3-4-8-17(16)20;1-3-8(2)6-4-5-7-9;/h3-4,6,8,12-13,15H,1-2,5,7,9-11H2;4-5H,3,6H2,1-2H3;/q-2;-1;+1/b;5-4+;. The zero-order valence-corrected chi connectivity index (χ0v) is 20.9. The predicted octanol–water partition coefficient (Wildman–Crippen LogP) is 2.32. The Bertz CT molecular complexity index is 909. The van der Waals surface area contributed by atoms with Crippen molar-refractivity contribution in [3.8, 4) is 0 Å². The molecule has 1 aliphatic rings. The number of likely N-dealkylation sites (N-methyl/N-ethyl adjacent to an activating group) is 1. The van der Waals surface area contributed by atoms with Crippen LogP contribution in [0.25, 0.3) is 0 Å². The topological polar surface area (TPSA) is 55.2 Å². The number of Topliss-reactive ketones (excluding diaryl/α,β-unsaturated/α-hetero) is 1. The molecule has 2 aromatic rings. The Labute approximate surface area is 215 Å². The molecule has 0 saturated heterocycles. The minimum Gasteiger partial charge on any atom is -0.419 e. The average molecular weight is 462 g/mol. The number of hydrogen-bond donors (Lipinski definition) is 0. The molecule has 7 heteroatoms. The summed E-state index contributed by atoms with van der Waals surface area (Å²) in [5.74, 6) is 1.29. The normalized spacial score (nSPS) is 13.8. The van der Waals surface area contributed by atoms with Crippen LogP contribution in [-0.4, -0.2) is 46.7 Å². The first-order chi connectivity index (χ1) is 15.4. The SMILES string of the molecule is CCN(C)C/C=C/[C-]=O.[CH2-]c1ncc(C(=O)CCCc2ccccc2Cl)n1C([CH2-])C1CC1.[Li+]. The van der Waals surface area contributed by atoms with E-state index in [9.17, 15) is 9.59 Å². The van der Waals surface area contributed by atoms with Gasteiger partial charge in [-0.15, -0.1) is 0 Å². The monoisotopic (exact) mass is 461 g/mol. The molecule has 174 valence electrons. The van der Waals surface area contributed by atoms with E-state index >= 15 is 0 Å². The molecule has 1 aromatic carbocycles. The van der Waals surface area contributed by atoms with Crippen LogP contribution in [0.2, 0.25) is 5.02 Å². The maximum atomic E-state index is 12.6. The molecule has 1 aromatic heterocycles. The number of carbonyl (C=O) groups is 1. The Morgan fingerprint density at radius 1 is 1.39 bits per heavy atom. The number of benzene rings is 1. The first kappa shape index (κ1) is 29.3. The summed E-state index contributed by atoms with van der Waals surface area (Å²) in [4.78, 5) is 28.5. The van der Waals surface area contributed by atoms with Gasteiger partial charge in [-0.25, -0.2) is 6.08 Å². The summed E-state index contributed by atoms with van der Waals surface area (Å²) < 4.78 is 1.91. The molecule has 0 aliphatic heterocycles. The molecular formula is C26H33ClLiN3O2-2. The summed E-state index contributed by atoms with van der Waals surface area (Å²) in [5, 5.41) is 0.761. The van der Waals surface area contributed by atoms with Crippen molar-refractivity contribution in [2.24, 2.45) is 5.92 Å². The fourth-order valence-electron chi connectivity index (χ4n) is 3.35. The van der Waals surface area contributed by atoms with Crippen LogP contribution in [-0.2, 0) is 11.2 Å². The second kappa shape index (κ2) is 15.2. The Morgan fingerprint density at radius 2 is 2.09 bits per heavy atom. The molecule has 1 aliphatic carbocycles. The number of aryl methyl sites for hydroxylation is 1. The van der Waals surface area contributed by atoms with Crippen LogP contribution < -0.4 is 18.9 Å². The number of halogens is 1. The number of ketones is 1. The maximum Gasteiger partial charge on any atom is 1.00 e. The predicted molar refractivity (Wildman–Crippen MR) is 131 cm³/mol. The van der Waals surface area contributed by atoms with Crippen LogP contribution in [0.15, 0.2) is 42.6 Å². The van der Waals surface area contributed by atoms with Gasteiger partial charge in [0, 0.05) is 11.4 Å². The van der Waals surface area contributed by atoms with Crippen molar-refractivity contribution in [2.45, 2.75) is 45.1 Å². The molecule has 0 amide bonds.